The Balaban J connectivity index is 1.62. The average Bonchev–Trinajstić information content (AvgIpc) is 3.50. The van der Waals surface area contributed by atoms with Crippen molar-refractivity contribution < 1.29 is 9.18 Å². The molecule has 0 radical (unpaired) electrons. The summed E-state index contributed by atoms with van der Waals surface area (Å²) in [6.45, 7) is 1.88. The zero-order valence-corrected chi connectivity index (χ0v) is 15.1. The first-order valence-electron chi connectivity index (χ1n) is 9.04. The molecule has 0 saturated heterocycles. The second-order valence-electron chi connectivity index (χ2n) is 6.94. The summed E-state index contributed by atoms with van der Waals surface area (Å²) in [7, 11) is 0. The lowest BCUT2D eigenvalue weighted by Gasteiger charge is -2.23. The van der Waals surface area contributed by atoms with Gasteiger partial charge in [-0.1, -0.05) is 36.4 Å². The van der Waals surface area contributed by atoms with Gasteiger partial charge in [-0.15, -0.1) is 0 Å². The standard InChI is InChI=1S/C21H20FN3O2/c1-14-17-7-3-4-8-18(17)21(27)25(23-14)13-20(26)24(16-10-11-16)12-15-6-2-5-9-19(15)22/h2-9,16H,10-13H2,1H3. The average molecular weight is 365 g/mol. The maximum Gasteiger partial charge on any atom is 0.275 e. The number of aryl methyl sites for hydroxylation is 1. The monoisotopic (exact) mass is 365 g/mol. The fraction of sp³-hybridized carbons (Fsp3) is 0.286. The Kier molecular flexibility index (Phi) is 4.48. The summed E-state index contributed by atoms with van der Waals surface area (Å²) >= 11 is 0. The van der Waals surface area contributed by atoms with E-state index in [1.807, 2.05) is 19.1 Å². The summed E-state index contributed by atoms with van der Waals surface area (Å²) in [5.41, 5.74) is 0.893. The van der Waals surface area contributed by atoms with E-state index in [0.29, 0.717) is 16.6 Å². The SMILES string of the molecule is Cc1nn(CC(=O)N(Cc2ccccc2F)C2CC2)c(=O)c2ccccc12. The first kappa shape index (κ1) is 17.4. The molecule has 27 heavy (non-hydrogen) atoms. The maximum absolute atomic E-state index is 14.0. The van der Waals surface area contributed by atoms with Crippen LogP contribution in [0.1, 0.15) is 24.1 Å². The lowest BCUT2D eigenvalue weighted by atomic mass is 10.1. The molecule has 138 valence electrons. The second kappa shape index (κ2) is 6.95. The highest BCUT2D eigenvalue weighted by Crippen LogP contribution is 2.29. The number of amides is 1. The van der Waals surface area contributed by atoms with Crippen LogP contribution in [0.25, 0.3) is 10.8 Å². The fourth-order valence-corrected chi connectivity index (χ4v) is 3.35. The molecule has 1 fully saturated rings. The molecule has 0 spiro atoms. The topological polar surface area (TPSA) is 55.2 Å². The number of hydrogen-bond donors (Lipinski definition) is 0. The van der Waals surface area contributed by atoms with Gasteiger partial charge in [-0.25, -0.2) is 9.07 Å². The van der Waals surface area contributed by atoms with E-state index in [9.17, 15) is 14.0 Å². The van der Waals surface area contributed by atoms with Gasteiger partial charge in [0.15, 0.2) is 0 Å². The van der Waals surface area contributed by atoms with E-state index in [4.69, 9.17) is 0 Å². The molecular formula is C21H20FN3O2. The van der Waals surface area contributed by atoms with E-state index in [1.54, 1.807) is 35.2 Å². The first-order valence-corrected chi connectivity index (χ1v) is 9.04. The third-order valence-electron chi connectivity index (χ3n) is 4.94. The Morgan fingerprint density at radius 2 is 1.81 bits per heavy atom. The van der Waals surface area contributed by atoms with Crippen LogP contribution in [-0.4, -0.2) is 26.6 Å². The van der Waals surface area contributed by atoms with Crippen LogP contribution in [-0.2, 0) is 17.9 Å². The number of nitrogens with zero attached hydrogens (tertiary/aromatic N) is 3. The highest BCUT2D eigenvalue weighted by molar-refractivity contribution is 5.83. The van der Waals surface area contributed by atoms with Crippen LogP contribution in [0.5, 0.6) is 0 Å². The van der Waals surface area contributed by atoms with Gasteiger partial charge >= 0.3 is 0 Å². The van der Waals surface area contributed by atoms with Crippen LogP contribution in [0.2, 0.25) is 0 Å². The van der Waals surface area contributed by atoms with Crippen LogP contribution >= 0.6 is 0 Å². The molecule has 5 nitrogen and oxygen atoms in total. The van der Waals surface area contributed by atoms with Crippen LogP contribution < -0.4 is 5.56 Å². The number of carbonyl (C=O) groups excluding carboxylic acids is 1. The Hall–Kier alpha value is -3.02. The van der Waals surface area contributed by atoms with Crippen LogP contribution in [0.3, 0.4) is 0 Å². The third kappa shape index (κ3) is 3.47. The van der Waals surface area contributed by atoms with Gasteiger partial charge in [-0.05, 0) is 31.9 Å². The predicted molar refractivity (Wildman–Crippen MR) is 101 cm³/mol. The van der Waals surface area contributed by atoms with Gasteiger partial charge in [0.25, 0.3) is 5.56 Å². The molecule has 1 aliphatic rings. The summed E-state index contributed by atoms with van der Waals surface area (Å²) in [5, 5.41) is 5.64. The van der Waals surface area contributed by atoms with Gasteiger partial charge in [0.05, 0.1) is 11.1 Å². The normalized spacial score (nSPS) is 13.7. The van der Waals surface area contributed by atoms with Gasteiger partial charge in [0.1, 0.15) is 12.4 Å². The molecule has 0 unspecified atom stereocenters. The second-order valence-corrected chi connectivity index (χ2v) is 6.94. The van der Waals surface area contributed by atoms with Crippen LogP contribution in [0, 0.1) is 12.7 Å². The molecule has 1 aliphatic carbocycles. The Bertz CT molecular complexity index is 1070. The Morgan fingerprint density at radius 1 is 1.15 bits per heavy atom. The van der Waals surface area contributed by atoms with Crippen LogP contribution in [0.15, 0.2) is 53.3 Å². The molecule has 1 amide bonds. The van der Waals surface area contributed by atoms with Gasteiger partial charge in [0.2, 0.25) is 5.91 Å². The van der Waals surface area contributed by atoms with Gasteiger partial charge < -0.3 is 4.90 Å². The number of carbonyl (C=O) groups is 1. The van der Waals surface area contributed by atoms with Gasteiger partial charge in [-0.3, -0.25) is 9.59 Å². The van der Waals surface area contributed by atoms with E-state index in [0.717, 1.165) is 18.2 Å². The molecular weight excluding hydrogens is 345 g/mol. The molecule has 1 heterocycles. The summed E-state index contributed by atoms with van der Waals surface area (Å²) in [4.78, 5) is 27.3. The zero-order valence-electron chi connectivity index (χ0n) is 15.1. The van der Waals surface area contributed by atoms with Crippen molar-refractivity contribution in [3.05, 3.63) is 76.0 Å². The summed E-state index contributed by atoms with van der Waals surface area (Å²) in [5.74, 6) is -0.544. The van der Waals surface area contributed by atoms with Crippen LogP contribution in [0.4, 0.5) is 4.39 Å². The zero-order chi connectivity index (χ0) is 19.0. The molecule has 0 bridgehead atoms. The van der Waals surface area contributed by atoms with Crippen molar-refractivity contribution in [3.8, 4) is 0 Å². The van der Waals surface area contributed by atoms with Crippen molar-refractivity contribution >= 4 is 16.7 Å². The smallest absolute Gasteiger partial charge is 0.275 e. The summed E-state index contributed by atoms with van der Waals surface area (Å²) < 4.78 is 15.2. The van der Waals surface area contributed by atoms with Gasteiger partial charge in [-0.2, -0.15) is 5.10 Å². The molecule has 0 atom stereocenters. The number of halogens is 1. The van der Waals surface area contributed by atoms with Crippen molar-refractivity contribution in [1.29, 1.82) is 0 Å². The van der Waals surface area contributed by atoms with E-state index in [-0.39, 0.29) is 36.4 Å². The number of hydrogen-bond acceptors (Lipinski definition) is 3. The quantitative estimate of drug-likeness (QED) is 0.698. The number of benzene rings is 2. The van der Waals surface area contributed by atoms with E-state index in [2.05, 4.69) is 5.10 Å². The molecule has 0 N–H and O–H groups in total. The number of aromatic nitrogens is 2. The van der Waals surface area contributed by atoms with Crippen molar-refractivity contribution in [2.75, 3.05) is 0 Å². The Morgan fingerprint density at radius 3 is 2.52 bits per heavy atom. The highest BCUT2D eigenvalue weighted by Gasteiger charge is 2.33. The molecule has 0 aliphatic heterocycles. The van der Waals surface area contributed by atoms with E-state index < -0.39 is 0 Å². The first-order chi connectivity index (χ1) is 13.0. The number of fused-ring (bicyclic) bond motifs is 1. The summed E-state index contributed by atoms with van der Waals surface area (Å²) in [6, 6.07) is 13.8. The largest absolute Gasteiger partial charge is 0.334 e. The van der Waals surface area contributed by atoms with E-state index >= 15 is 0 Å². The Labute approximate surface area is 156 Å². The molecule has 1 aromatic heterocycles. The third-order valence-corrected chi connectivity index (χ3v) is 4.94. The minimum absolute atomic E-state index is 0.106. The number of rotatable bonds is 5. The maximum atomic E-state index is 14.0. The molecule has 4 rings (SSSR count). The highest BCUT2D eigenvalue weighted by atomic mass is 19.1. The lowest BCUT2D eigenvalue weighted by Crippen LogP contribution is -2.38. The molecule has 1 saturated carbocycles. The summed E-state index contributed by atoms with van der Waals surface area (Å²) in [6.07, 6.45) is 1.80. The molecule has 6 heteroatoms. The van der Waals surface area contributed by atoms with Gasteiger partial charge in [0, 0.05) is 23.5 Å². The molecule has 2 aromatic carbocycles. The predicted octanol–water partition coefficient (Wildman–Crippen LogP) is 3.04. The van der Waals surface area contributed by atoms with Crippen molar-refractivity contribution in [2.45, 2.75) is 38.9 Å². The molecule has 3 aromatic rings. The lowest BCUT2D eigenvalue weighted by molar-refractivity contribution is -0.133. The fourth-order valence-electron chi connectivity index (χ4n) is 3.35. The van der Waals surface area contributed by atoms with Crippen molar-refractivity contribution in [3.63, 3.8) is 0 Å². The minimum Gasteiger partial charge on any atom is -0.334 e. The van der Waals surface area contributed by atoms with E-state index in [1.165, 1.54) is 10.7 Å². The van der Waals surface area contributed by atoms with Crippen molar-refractivity contribution in [2.24, 2.45) is 0 Å². The van der Waals surface area contributed by atoms with Crippen molar-refractivity contribution in [1.82, 2.24) is 14.7 Å². The minimum atomic E-state index is -0.326.